The smallest absolute Gasteiger partial charge is 0.262 e. The van der Waals surface area contributed by atoms with E-state index in [2.05, 4.69) is 11.4 Å². The maximum Gasteiger partial charge on any atom is 0.262 e. The lowest BCUT2D eigenvalue weighted by Crippen LogP contribution is -2.44. The Hall–Kier alpha value is -2.57. The molecule has 0 aliphatic rings. The summed E-state index contributed by atoms with van der Waals surface area (Å²) in [6.07, 6.45) is 1.45. The average molecular weight is 314 g/mol. The molecule has 1 atom stereocenters. The number of hydrogen-bond acceptors (Lipinski definition) is 4. The molecule has 1 rings (SSSR count). The Bertz CT molecular complexity index is 712. The third-order valence-corrected chi connectivity index (χ3v) is 4.20. The predicted octanol–water partition coefficient (Wildman–Crippen LogP) is 1.64. The molecule has 0 aliphatic carbocycles. The number of hydrogen-bond donors (Lipinski definition) is 2. The molecule has 0 saturated carbocycles. The number of aromatic nitrogens is 1. The van der Waals surface area contributed by atoms with Gasteiger partial charge in [0.1, 0.15) is 23.4 Å². The first-order chi connectivity index (χ1) is 10.6. The summed E-state index contributed by atoms with van der Waals surface area (Å²) in [5.41, 5.74) is 0.770. The van der Waals surface area contributed by atoms with Gasteiger partial charge < -0.3 is 15.0 Å². The Morgan fingerprint density at radius 1 is 1.52 bits per heavy atom. The van der Waals surface area contributed by atoms with Gasteiger partial charge in [-0.3, -0.25) is 4.79 Å². The van der Waals surface area contributed by atoms with E-state index in [4.69, 9.17) is 5.26 Å². The zero-order valence-electron chi connectivity index (χ0n) is 14.1. The van der Waals surface area contributed by atoms with Crippen LogP contribution in [0.5, 0.6) is 0 Å². The van der Waals surface area contributed by atoms with Crippen LogP contribution >= 0.6 is 0 Å². The van der Waals surface area contributed by atoms with Crippen molar-refractivity contribution in [3.63, 3.8) is 0 Å². The fourth-order valence-electron chi connectivity index (χ4n) is 1.84. The van der Waals surface area contributed by atoms with Crippen molar-refractivity contribution < 1.29 is 9.90 Å². The summed E-state index contributed by atoms with van der Waals surface area (Å²) in [6.45, 7) is 7.20. The minimum Gasteiger partial charge on any atom is -0.388 e. The Balaban J connectivity index is 2.99. The first kappa shape index (κ1) is 18.5. The summed E-state index contributed by atoms with van der Waals surface area (Å²) in [4.78, 5) is 12.1. The van der Waals surface area contributed by atoms with E-state index < -0.39 is 11.5 Å². The van der Waals surface area contributed by atoms with Gasteiger partial charge in [-0.15, -0.1) is 0 Å². The molecule has 0 fully saturated rings. The van der Waals surface area contributed by atoms with Crippen molar-refractivity contribution in [2.75, 3.05) is 6.54 Å². The number of nitrogens with zero attached hydrogens (tertiary/aromatic N) is 3. The van der Waals surface area contributed by atoms with Gasteiger partial charge in [0.05, 0.1) is 5.60 Å². The van der Waals surface area contributed by atoms with Gasteiger partial charge in [-0.2, -0.15) is 10.5 Å². The van der Waals surface area contributed by atoms with E-state index in [1.807, 2.05) is 26.8 Å². The molecule has 23 heavy (non-hydrogen) atoms. The van der Waals surface area contributed by atoms with Gasteiger partial charge in [0, 0.05) is 19.3 Å². The Morgan fingerprint density at radius 3 is 2.57 bits per heavy atom. The second kappa shape index (κ2) is 7.13. The maximum absolute atomic E-state index is 12.1. The van der Waals surface area contributed by atoms with E-state index >= 15 is 0 Å². The van der Waals surface area contributed by atoms with Crippen molar-refractivity contribution in [3.8, 4) is 12.1 Å². The third kappa shape index (κ3) is 4.21. The highest BCUT2D eigenvalue weighted by Crippen LogP contribution is 2.18. The zero-order chi connectivity index (χ0) is 17.8. The lowest BCUT2D eigenvalue weighted by molar-refractivity contribution is -0.118. The third-order valence-electron chi connectivity index (χ3n) is 4.20. The van der Waals surface area contributed by atoms with E-state index in [-0.39, 0.29) is 18.0 Å². The van der Waals surface area contributed by atoms with E-state index in [0.717, 1.165) is 5.69 Å². The molecule has 0 radical (unpaired) electrons. The summed E-state index contributed by atoms with van der Waals surface area (Å²) in [5.74, 6) is -0.581. The topological polar surface area (TPSA) is 102 Å². The van der Waals surface area contributed by atoms with E-state index in [9.17, 15) is 15.2 Å². The molecule has 0 saturated heterocycles. The van der Waals surface area contributed by atoms with Gasteiger partial charge in [-0.1, -0.05) is 13.8 Å². The van der Waals surface area contributed by atoms with Crippen molar-refractivity contribution in [3.05, 3.63) is 28.6 Å². The molecule has 1 aromatic heterocycles. The van der Waals surface area contributed by atoms with Gasteiger partial charge in [-0.25, -0.2) is 0 Å². The van der Waals surface area contributed by atoms with Crippen molar-refractivity contribution >= 4 is 12.0 Å². The molecule has 1 aromatic rings. The number of rotatable bonds is 5. The lowest BCUT2D eigenvalue weighted by atomic mass is 9.92. The monoisotopic (exact) mass is 314 g/mol. The first-order valence-corrected chi connectivity index (χ1v) is 7.32. The number of carbonyl (C=O) groups excluding carboxylic acids is 1. The van der Waals surface area contributed by atoms with Crippen LogP contribution in [0.15, 0.2) is 11.6 Å². The predicted molar refractivity (Wildman–Crippen MR) is 86.9 cm³/mol. The summed E-state index contributed by atoms with van der Waals surface area (Å²) in [7, 11) is 1.75. The van der Waals surface area contributed by atoms with Gasteiger partial charge >= 0.3 is 0 Å². The van der Waals surface area contributed by atoms with Crippen LogP contribution in [0, 0.1) is 35.5 Å². The minimum absolute atomic E-state index is 0.0353. The van der Waals surface area contributed by atoms with Gasteiger partial charge in [0.15, 0.2) is 0 Å². The Labute approximate surface area is 136 Å². The highest BCUT2D eigenvalue weighted by Gasteiger charge is 2.26. The lowest BCUT2D eigenvalue weighted by Gasteiger charge is -2.27. The molecule has 6 nitrogen and oxygen atoms in total. The largest absolute Gasteiger partial charge is 0.388 e. The van der Waals surface area contributed by atoms with Crippen LogP contribution in [0.4, 0.5) is 0 Å². The van der Waals surface area contributed by atoms with Crippen LogP contribution in [0.1, 0.15) is 37.7 Å². The summed E-state index contributed by atoms with van der Waals surface area (Å²) >= 11 is 0. The highest BCUT2D eigenvalue weighted by atomic mass is 16.3. The molecule has 1 unspecified atom stereocenters. The number of nitrogens with one attached hydrogen (secondary N) is 1. The van der Waals surface area contributed by atoms with Crippen molar-refractivity contribution in [1.29, 1.82) is 10.5 Å². The van der Waals surface area contributed by atoms with Crippen LogP contribution in [-0.4, -0.2) is 27.7 Å². The van der Waals surface area contributed by atoms with Gasteiger partial charge in [0.25, 0.3) is 5.91 Å². The fraction of sp³-hybridized carbons (Fsp3) is 0.471. The van der Waals surface area contributed by atoms with Crippen LogP contribution in [0.2, 0.25) is 0 Å². The standard InChI is InChI=1S/C17H22N4O2/c1-11(2)17(4,23)10-20-16(22)14(8-18)6-13-7-15(9-19)21(5)12(13)3/h6-7,11,23H,10H2,1-5H3,(H,20,22). The highest BCUT2D eigenvalue weighted by molar-refractivity contribution is 6.01. The van der Waals surface area contributed by atoms with E-state index in [1.54, 1.807) is 24.6 Å². The summed E-state index contributed by atoms with van der Waals surface area (Å²) in [5, 5.41) is 30.9. The van der Waals surface area contributed by atoms with Crippen molar-refractivity contribution in [2.24, 2.45) is 13.0 Å². The van der Waals surface area contributed by atoms with Crippen LogP contribution in [0.3, 0.4) is 0 Å². The quantitative estimate of drug-likeness (QED) is 0.637. The molecule has 1 heterocycles. The van der Waals surface area contributed by atoms with Gasteiger partial charge in [0.2, 0.25) is 0 Å². The normalized spacial score (nSPS) is 14.0. The zero-order valence-corrected chi connectivity index (χ0v) is 14.1. The maximum atomic E-state index is 12.1. The van der Waals surface area contributed by atoms with Crippen molar-refractivity contribution in [2.45, 2.75) is 33.3 Å². The molecular formula is C17H22N4O2. The first-order valence-electron chi connectivity index (χ1n) is 7.32. The van der Waals surface area contributed by atoms with Gasteiger partial charge in [-0.05, 0) is 37.5 Å². The summed E-state index contributed by atoms with van der Waals surface area (Å²) in [6, 6.07) is 5.55. The molecule has 6 heteroatoms. The molecule has 0 bridgehead atoms. The number of amides is 1. The fourth-order valence-corrected chi connectivity index (χ4v) is 1.84. The van der Waals surface area contributed by atoms with Crippen LogP contribution < -0.4 is 5.32 Å². The van der Waals surface area contributed by atoms with E-state index in [1.165, 1.54) is 6.08 Å². The van der Waals surface area contributed by atoms with Crippen molar-refractivity contribution in [1.82, 2.24) is 9.88 Å². The number of nitriles is 2. The second-order valence-corrected chi connectivity index (χ2v) is 6.11. The number of aliphatic hydroxyl groups is 1. The average Bonchev–Trinajstić information content (AvgIpc) is 2.77. The molecule has 0 aliphatic heterocycles. The number of carbonyl (C=O) groups is 1. The molecule has 1 amide bonds. The minimum atomic E-state index is -1.05. The second-order valence-electron chi connectivity index (χ2n) is 6.11. The molecule has 0 aromatic carbocycles. The summed E-state index contributed by atoms with van der Waals surface area (Å²) < 4.78 is 1.70. The SMILES string of the molecule is Cc1c(C=C(C#N)C(=O)NCC(C)(O)C(C)C)cc(C#N)n1C. The molecule has 0 spiro atoms. The Morgan fingerprint density at radius 2 is 2.13 bits per heavy atom. The van der Waals surface area contributed by atoms with E-state index in [0.29, 0.717) is 11.3 Å². The Kier molecular flexibility index (Phi) is 5.73. The molecule has 122 valence electrons. The molecular weight excluding hydrogens is 292 g/mol. The van der Waals surface area contributed by atoms with Crippen LogP contribution in [-0.2, 0) is 11.8 Å². The van der Waals surface area contributed by atoms with Crippen LogP contribution in [0.25, 0.3) is 6.08 Å². The molecule has 2 N–H and O–H groups in total.